The first kappa shape index (κ1) is 16.1. The van der Waals surface area contributed by atoms with Crippen LogP contribution in [0.3, 0.4) is 0 Å². The smallest absolute Gasteiger partial charge is 0.289 e. The number of alkyl halides is 2. The highest BCUT2D eigenvalue weighted by molar-refractivity contribution is 5.85. The fraction of sp³-hybridized carbons (Fsp3) is 0.333. The summed E-state index contributed by atoms with van der Waals surface area (Å²) in [6.45, 7) is -1.57. The van der Waals surface area contributed by atoms with Crippen molar-refractivity contribution in [3.8, 4) is 0 Å². The second-order valence-electron chi connectivity index (χ2n) is 3.20. The molecule has 1 atom stereocenters. The molecular formula is C9H9ClF5NO. The number of rotatable bonds is 3. The number of halogens is 6. The van der Waals surface area contributed by atoms with Gasteiger partial charge in [0, 0.05) is 0 Å². The van der Waals surface area contributed by atoms with E-state index in [0.717, 1.165) is 0 Å². The quantitative estimate of drug-likeness (QED) is 0.657. The number of hydrogen-bond donors (Lipinski definition) is 2. The zero-order chi connectivity index (χ0) is 12.5. The van der Waals surface area contributed by atoms with Crippen molar-refractivity contribution in [2.24, 2.45) is 5.73 Å². The molecular weight excluding hydrogens is 269 g/mol. The third-order valence-electron chi connectivity index (χ3n) is 2.03. The highest BCUT2D eigenvalue weighted by atomic mass is 35.5. The first-order valence-corrected chi connectivity index (χ1v) is 4.18. The van der Waals surface area contributed by atoms with Gasteiger partial charge in [-0.2, -0.15) is 0 Å². The molecule has 0 heterocycles. The van der Waals surface area contributed by atoms with Crippen LogP contribution in [0.4, 0.5) is 22.0 Å². The van der Waals surface area contributed by atoms with E-state index in [2.05, 4.69) is 0 Å². The number of aliphatic hydroxyl groups is 1. The summed E-state index contributed by atoms with van der Waals surface area (Å²) in [7, 11) is 0. The van der Waals surface area contributed by atoms with E-state index < -0.39 is 41.6 Å². The van der Waals surface area contributed by atoms with E-state index in [0.29, 0.717) is 12.1 Å². The topological polar surface area (TPSA) is 46.2 Å². The fourth-order valence-electron chi connectivity index (χ4n) is 1.10. The third kappa shape index (κ3) is 3.27. The molecule has 0 aliphatic heterocycles. The van der Waals surface area contributed by atoms with E-state index in [1.807, 2.05) is 0 Å². The van der Waals surface area contributed by atoms with Gasteiger partial charge in [-0.05, 0) is 17.7 Å². The molecule has 0 aliphatic rings. The Morgan fingerprint density at radius 2 is 1.59 bits per heavy atom. The van der Waals surface area contributed by atoms with Gasteiger partial charge in [0.15, 0.2) is 17.5 Å². The van der Waals surface area contributed by atoms with Crippen molar-refractivity contribution in [3.05, 3.63) is 35.1 Å². The summed E-state index contributed by atoms with van der Waals surface area (Å²) in [5, 5.41) is 8.33. The second kappa shape index (κ2) is 5.61. The molecule has 0 saturated heterocycles. The van der Waals surface area contributed by atoms with Gasteiger partial charge in [-0.15, -0.1) is 12.4 Å². The van der Waals surface area contributed by atoms with Gasteiger partial charge in [0.05, 0.1) is 6.04 Å². The normalized spacial score (nSPS) is 13.1. The Labute approximate surface area is 99.6 Å². The molecule has 8 heteroatoms. The number of benzene rings is 1. The maximum absolute atomic E-state index is 12.9. The molecule has 3 N–H and O–H groups in total. The monoisotopic (exact) mass is 277 g/mol. The Morgan fingerprint density at radius 1 is 1.18 bits per heavy atom. The first-order valence-electron chi connectivity index (χ1n) is 4.18. The highest BCUT2D eigenvalue weighted by Crippen LogP contribution is 2.30. The molecule has 1 rings (SSSR count). The summed E-state index contributed by atoms with van der Waals surface area (Å²) in [4.78, 5) is 0. The molecule has 17 heavy (non-hydrogen) atoms. The Hall–Kier alpha value is -0.920. The number of hydrogen-bond acceptors (Lipinski definition) is 2. The van der Waals surface area contributed by atoms with E-state index >= 15 is 0 Å². The SMILES string of the molecule is Cl.N[C@H](c1cc(F)c(F)c(F)c1)C(F)(F)CO. The molecule has 0 spiro atoms. The standard InChI is InChI=1S/C9H8F5NO.ClH/c10-5-1-4(2-6(11)7(5)12)8(15)9(13,14)3-16;/h1-2,8,16H,3,15H2;1H/t8-;/m1./s1. The Balaban J connectivity index is 0.00000256. The average Bonchev–Trinajstić information content (AvgIpc) is 2.24. The van der Waals surface area contributed by atoms with Crippen LogP contribution >= 0.6 is 12.4 Å². The molecule has 0 radical (unpaired) electrons. The largest absolute Gasteiger partial charge is 0.390 e. The lowest BCUT2D eigenvalue weighted by Gasteiger charge is -2.21. The average molecular weight is 278 g/mol. The second-order valence-corrected chi connectivity index (χ2v) is 3.20. The lowest BCUT2D eigenvalue weighted by Crippen LogP contribution is -2.36. The molecule has 1 aromatic rings. The van der Waals surface area contributed by atoms with Gasteiger partial charge < -0.3 is 10.8 Å². The van der Waals surface area contributed by atoms with E-state index in [4.69, 9.17) is 10.8 Å². The Kier molecular flexibility index (Phi) is 5.31. The van der Waals surface area contributed by atoms with E-state index in [1.54, 1.807) is 0 Å². The van der Waals surface area contributed by atoms with Gasteiger partial charge in [0.1, 0.15) is 6.61 Å². The predicted octanol–water partition coefficient (Wildman–Crippen LogP) is 2.15. The van der Waals surface area contributed by atoms with Crippen LogP contribution in [0.15, 0.2) is 12.1 Å². The van der Waals surface area contributed by atoms with E-state index in [9.17, 15) is 22.0 Å². The minimum Gasteiger partial charge on any atom is -0.390 e. The summed E-state index contributed by atoms with van der Waals surface area (Å²) in [6.07, 6.45) is 0. The molecule has 0 fully saturated rings. The Bertz CT molecular complexity index is 378. The summed E-state index contributed by atoms with van der Waals surface area (Å²) < 4.78 is 63.7. The third-order valence-corrected chi connectivity index (χ3v) is 2.03. The van der Waals surface area contributed by atoms with Crippen LogP contribution in [0.1, 0.15) is 11.6 Å². The van der Waals surface area contributed by atoms with Gasteiger partial charge in [-0.25, -0.2) is 22.0 Å². The zero-order valence-corrected chi connectivity index (χ0v) is 9.08. The highest BCUT2D eigenvalue weighted by Gasteiger charge is 2.38. The van der Waals surface area contributed by atoms with Gasteiger partial charge in [-0.1, -0.05) is 0 Å². The van der Waals surface area contributed by atoms with Crippen LogP contribution in [0.5, 0.6) is 0 Å². The minimum absolute atomic E-state index is 0. The van der Waals surface area contributed by atoms with E-state index in [1.165, 1.54) is 0 Å². The van der Waals surface area contributed by atoms with Crippen molar-refractivity contribution in [1.82, 2.24) is 0 Å². The molecule has 0 aromatic heterocycles. The zero-order valence-electron chi connectivity index (χ0n) is 8.26. The lowest BCUT2D eigenvalue weighted by atomic mass is 10.0. The van der Waals surface area contributed by atoms with Gasteiger partial charge in [-0.3, -0.25) is 0 Å². The number of aliphatic hydroxyl groups excluding tert-OH is 1. The summed E-state index contributed by atoms with van der Waals surface area (Å²) in [6, 6.07) is -1.37. The van der Waals surface area contributed by atoms with Gasteiger partial charge >= 0.3 is 0 Å². The number of nitrogens with two attached hydrogens (primary N) is 1. The van der Waals surface area contributed by atoms with Crippen LogP contribution < -0.4 is 5.73 Å². The molecule has 2 nitrogen and oxygen atoms in total. The van der Waals surface area contributed by atoms with Crippen molar-refractivity contribution in [3.63, 3.8) is 0 Å². The molecule has 0 bridgehead atoms. The van der Waals surface area contributed by atoms with Crippen LogP contribution in [0, 0.1) is 17.5 Å². The van der Waals surface area contributed by atoms with Crippen LogP contribution in [0.2, 0.25) is 0 Å². The van der Waals surface area contributed by atoms with Crippen molar-refractivity contribution >= 4 is 12.4 Å². The van der Waals surface area contributed by atoms with Crippen molar-refractivity contribution < 1.29 is 27.1 Å². The van der Waals surface area contributed by atoms with Gasteiger partial charge in [0.25, 0.3) is 5.92 Å². The van der Waals surface area contributed by atoms with Crippen LogP contribution in [0.25, 0.3) is 0 Å². The Morgan fingerprint density at radius 3 is 1.94 bits per heavy atom. The summed E-state index contributed by atoms with van der Waals surface area (Å²) >= 11 is 0. The molecule has 0 saturated carbocycles. The van der Waals surface area contributed by atoms with Crippen molar-refractivity contribution in [1.29, 1.82) is 0 Å². The minimum atomic E-state index is -3.74. The van der Waals surface area contributed by atoms with Crippen LogP contribution in [-0.4, -0.2) is 17.6 Å². The van der Waals surface area contributed by atoms with Crippen LogP contribution in [-0.2, 0) is 0 Å². The van der Waals surface area contributed by atoms with Crippen molar-refractivity contribution in [2.75, 3.05) is 6.61 Å². The summed E-state index contributed by atoms with van der Waals surface area (Å²) in [5.74, 6) is -8.72. The van der Waals surface area contributed by atoms with Gasteiger partial charge in [0.2, 0.25) is 0 Å². The predicted molar refractivity (Wildman–Crippen MR) is 52.5 cm³/mol. The maximum Gasteiger partial charge on any atom is 0.289 e. The molecule has 0 amide bonds. The maximum atomic E-state index is 12.9. The fourth-order valence-corrected chi connectivity index (χ4v) is 1.10. The lowest BCUT2D eigenvalue weighted by molar-refractivity contribution is -0.0713. The summed E-state index contributed by atoms with van der Waals surface area (Å²) in [5.41, 5.74) is 4.38. The first-order chi connectivity index (χ1) is 7.29. The van der Waals surface area contributed by atoms with Crippen molar-refractivity contribution in [2.45, 2.75) is 12.0 Å². The molecule has 0 aliphatic carbocycles. The molecule has 1 aromatic carbocycles. The molecule has 98 valence electrons. The molecule has 0 unspecified atom stereocenters. The van der Waals surface area contributed by atoms with E-state index in [-0.39, 0.29) is 12.4 Å².